The van der Waals surface area contributed by atoms with Gasteiger partial charge < -0.3 is 5.11 Å². The topological polar surface area (TPSA) is 69.6 Å². The lowest BCUT2D eigenvalue weighted by atomic mass is 10.0. The molecule has 2 N–H and O–H groups in total. The first-order chi connectivity index (χ1) is 11.6. The number of phenolic OH excluding ortho intramolecular Hbond substituents is 1. The Morgan fingerprint density at radius 1 is 0.960 bits per heavy atom. The molecule has 0 radical (unpaired) electrons. The standard InChI is InChI=1S/C20H24N2O3/c1-13-9-14(2)11-16(10-13)19(25)22(20(3,4)5)21-18(24)15-7-6-8-17(23)12-15/h6-12,23H,1-5H3,(H,21,24). The van der Waals surface area contributed by atoms with Gasteiger partial charge in [-0.15, -0.1) is 0 Å². The summed E-state index contributed by atoms with van der Waals surface area (Å²) in [7, 11) is 0. The van der Waals surface area contributed by atoms with E-state index in [0.29, 0.717) is 5.56 Å². The highest BCUT2D eigenvalue weighted by molar-refractivity contribution is 5.99. The van der Waals surface area contributed by atoms with Crippen LogP contribution < -0.4 is 5.43 Å². The summed E-state index contributed by atoms with van der Waals surface area (Å²) in [6.45, 7) is 9.38. The molecule has 0 aromatic heterocycles. The first-order valence-corrected chi connectivity index (χ1v) is 8.11. The number of aryl methyl sites for hydroxylation is 2. The number of hydrogen-bond acceptors (Lipinski definition) is 3. The van der Waals surface area contributed by atoms with Crippen LogP contribution in [0.4, 0.5) is 0 Å². The lowest BCUT2D eigenvalue weighted by Crippen LogP contribution is -2.55. The molecular weight excluding hydrogens is 316 g/mol. The number of amides is 2. The van der Waals surface area contributed by atoms with Gasteiger partial charge in [-0.05, 0) is 65.0 Å². The molecule has 0 unspecified atom stereocenters. The summed E-state index contributed by atoms with van der Waals surface area (Å²) in [5, 5.41) is 10.9. The van der Waals surface area contributed by atoms with Gasteiger partial charge in [-0.2, -0.15) is 0 Å². The van der Waals surface area contributed by atoms with Crippen LogP contribution in [-0.2, 0) is 0 Å². The maximum atomic E-state index is 13.0. The Balaban J connectivity index is 2.33. The van der Waals surface area contributed by atoms with E-state index in [4.69, 9.17) is 0 Å². The molecule has 2 rings (SSSR count). The van der Waals surface area contributed by atoms with Crippen LogP contribution in [0, 0.1) is 13.8 Å². The lowest BCUT2D eigenvalue weighted by Gasteiger charge is -2.35. The maximum Gasteiger partial charge on any atom is 0.272 e. The number of aromatic hydroxyl groups is 1. The van der Waals surface area contributed by atoms with E-state index in [1.165, 1.54) is 17.1 Å². The van der Waals surface area contributed by atoms with Gasteiger partial charge in [0.1, 0.15) is 5.75 Å². The largest absolute Gasteiger partial charge is 0.508 e. The molecule has 0 atom stereocenters. The van der Waals surface area contributed by atoms with Gasteiger partial charge in [-0.25, -0.2) is 5.01 Å². The molecule has 0 spiro atoms. The zero-order valence-electron chi connectivity index (χ0n) is 15.3. The zero-order valence-corrected chi connectivity index (χ0v) is 15.3. The Bertz CT molecular complexity index is 787. The minimum atomic E-state index is -0.624. The van der Waals surface area contributed by atoms with Crippen molar-refractivity contribution in [3.8, 4) is 5.75 Å². The van der Waals surface area contributed by atoms with Crippen molar-refractivity contribution in [2.75, 3.05) is 0 Å². The van der Waals surface area contributed by atoms with Crippen LogP contribution in [-0.4, -0.2) is 27.5 Å². The number of nitrogens with one attached hydrogen (secondary N) is 1. The predicted octanol–water partition coefficient (Wildman–Crippen LogP) is 3.59. The lowest BCUT2D eigenvalue weighted by molar-refractivity contribution is 0.0358. The minimum Gasteiger partial charge on any atom is -0.508 e. The fourth-order valence-corrected chi connectivity index (χ4v) is 2.56. The van der Waals surface area contributed by atoms with Gasteiger partial charge in [0.15, 0.2) is 0 Å². The average molecular weight is 340 g/mol. The normalized spacial score (nSPS) is 11.1. The first kappa shape index (κ1) is 18.5. The van der Waals surface area contributed by atoms with Crippen LogP contribution in [0.2, 0.25) is 0 Å². The Morgan fingerprint density at radius 2 is 1.56 bits per heavy atom. The Morgan fingerprint density at radius 3 is 2.08 bits per heavy atom. The van der Waals surface area contributed by atoms with Crippen molar-refractivity contribution in [1.29, 1.82) is 0 Å². The van der Waals surface area contributed by atoms with Crippen LogP contribution in [0.5, 0.6) is 5.75 Å². The molecule has 0 aliphatic heterocycles. The summed E-state index contributed by atoms with van der Waals surface area (Å²) in [6, 6.07) is 11.6. The molecule has 0 aliphatic carbocycles. The number of nitrogens with zero attached hydrogens (tertiary/aromatic N) is 1. The summed E-state index contributed by atoms with van der Waals surface area (Å²) in [5.74, 6) is -0.744. The van der Waals surface area contributed by atoms with Gasteiger partial charge in [0.2, 0.25) is 0 Å². The van der Waals surface area contributed by atoms with Crippen LogP contribution in [0.1, 0.15) is 52.6 Å². The van der Waals surface area contributed by atoms with Crippen LogP contribution in [0.25, 0.3) is 0 Å². The van der Waals surface area contributed by atoms with E-state index in [9.17, 15) is 14.7 Å². The highest BCUT2D eigenvalue weighted by Gasteiger charge is 2.29. The SMILES string of the molecule is Cc1cc(C)cc(C(=O)N(NC(=O)c2cccc(O)c2)C(C)(C)C)c1. The molecule has 25 heavy (non-hydrogen) atoms. The summed E-state index contributed by atoms with van der Waals surface area (Å²) in [6.07, 6.45) is 0. The van der Waals surface area contributed by atoms with Gasteiger partial charge in [0.05, 0.1) is 5.54 Å². The Hall–Kier alpha value is -2.82. The molecule has 0 saturated carbocycles. The summed E-state index contributed by atoms with van der Waals surface area (Å²) in [5.41, 5.74) is 4.81. The van der Waals surface area contributed by atoms with Crippen molar-refractivity contribution in [1.82, 2.24) is 10.4 Å². The number of rotatable bonds is 2. The van der Waals surface area contributed by atoms with Crippen LogP contribution in [0.15, 0.2) is 42.5 Å². The zero-order chi connectivity index (χ0) is 18.8. The highest BCUT2D eigenvalue weighted by Crippen LogP contribution is 2.18. The predicted molar refractivity (Wildman–Crippen MR) is 97.4 cm³/mol. The van der Waals surface area contributed by atoms with Crippen molar-refractivity contribution >= 4 is 11.8 Å². The molecule has 2 amide bonds. The van der Waals surface area contributed by atoms with E-state index < -0.39 is 11.4 Å². The van der Waals surface area contributed by atoms with Crippen molar-refractivity contribution in [3.63, 3.8) is 0 Å². The molecule has 0 saturated heterocycles. The molecule has 0 aliphatic rings. The molecule has 5 nitrogen and oxygen atoms in total. The second-order valence-electron chi connectivity index (χ2n) is 7.18. The van der Waals surface area contributed by atoms with E-state index in [-0.39, 0.29) is 17.2 Å². The van der Waals surface area contributed by atoms with Crippen LogP contribution >= 0.6 is 0 Å². The summed E-state index contributed by atoms with van der Waals surface area (Å²) < 4.78 is 0. The fourth-order valence-electron chi connectivity index (χ4n) is 2.56. The van der Waals surface area contributed by atoms with Gasteiger partial charge in [0, 0.05) is 11.1 Å². The van der Waals surface area contributed by atoms with Gasteiger partial charge in [-0.3, -0.25) is 15.0 Å². The number of benzene rings is 2. The maximum absolute atomic E-state index is 13.0. The molecule has 2 aromatic rings. The Labute approximate surface area is 148 Å². The monoisotopic (exact) mass is 340 g/mol. The van der Waals surface area contributed by atoms with Crippen molar-refractivity contribution in [2.24, 2.45) is 0 Å². The fraction of sp³-hybridized carbons (Fsp3) is 0.300. The third kappa shape index (κ3) is 4.59. The van der Waals surface area contributed by atoms with Crippen molar-refractivity contribution in [2.45, 2.75) is 40.2 Å². The van der Waals surface area contributed by atoms with E-state index in [0.717, 1.165) is 11.1 Å². The number of hydrazine groups is 1. The third-order valence-corrected chi connectivity index (χ3v) is 3.66. The third-order valence-electron chi connectivity index (χ3n) is 3.66. The number of carbonyl (C=O) groups excluding carboxylic acids is 2. The number of hydrogen-bond donors (Lipinski definition) is 2. The first-order valence-electron chi connectivity index (χ1n) is 8.11. The molecule has 0 fully saturated rings. The smallest absolute Gasteiger partial charge is 0.272 e. The molecular formula is C20H24N2O3. The number of carbonyl (C=O) groups is 2. The van der Waals surface area contributed by atoms with Gasteiger partial charge >= 0.3 is 0 Å². The van der Waals surface area contributed by atoms with Gasteiger partial charge in [-0.1, -0.05) is 23.3 Å². The van der Waals surface area contributed by atoms with Crippen LogP contribution in [0.3, 0.4) is 0 Å². The van der Waals surface area contributed by atoms with E-state index in [2.05, 4.69) is 5.43 Å². The molecule has 5 heteroatoms. The van der Waals surface area contributed by atoms with Crippen molar-refractivity contribution < 1.29 is 14.7 Å². The molecule has 0 heterocycles. The number of phenols is 1. The second-order valence-corrected chi connectivity index (χ2v) is 7.18. The minimum absolute atomic E-state index is 0.00408. The summed E-state index contributed by atoms with van der Waals surface area (Å²) in [4.78, 5) is 25.5. The van der Waals surface area contributed by atoms with E-state index in [1.807, 2.05) is 40.7 Å². The average Bonchev–Trinajstić information content (AvgIpc) is 2.49. The summed E-state index contributed by atoms with van der Waals surface area (Å²) >= 11 is 0. The second kappa shape index (κ2) is 6.97. The molecule has 2 aromatic carbocycles. The quantitative estimate of drug-likeness (QED) is 0.821. The highest BCUT2D eigenvalue weighted by atomic mass is 16.3. The molecule has 132 valence electrons. The van der Waals surface area contributed by atoms with E-state index in [1.54, 1.807) is 24.3 Å². The van der Waals surface area contributed by atoms with Gasteiger partial charge in [0.25, 0.3) is 11.8 Å². The molecule has 0 bridgehead atoms. The van der Waals surface area contributed by atoms with E-state index >= 15 is 0 Å². The Kier molecular flexibility index (Phi) is 5.16. The van der Waals surface area contributed by atoms with Crippen molar-refractivity contribution in [3.05, 3.63) is 64.7 Å².